The van der Waals surface area contributed by atoms with Gasteiger partial charge < -0.3 is 9.73 Å². The maximum absolute atomic E-state index is 12.9. The number of hydrogen-bond donors (Lipinski definition) is 1. The maximum atomic E-state index is 12.9. The third-order valence-electron chi connectivity index (χ3n) is 3.51. The Labute approximate surface area is 147 Å². The Kier molecular flexibility index (Phi) is 4.90. The lowest BCUT2D eigenvalue weighted by Crippen LogP contribution is -2.25. The molecule has 0 fully saturated rings. The first kappa shape index (κ1) is 17.1. The molecule has 7 nitrogen and oxygen atoms in total. The number of amides is 1. The molecule has 0 aliphatic carbocycles. The van der Waals surface area contributed by atoms with Crippen LogP contribution in [0.5, 0.6) is 0 Å². The van der Waals surface area contributed by atoms with Crippen LogP contribution < -0.4 is 11.1 Å². The summed E-state index contributed by atoms with van der Waals surface area (Å²) < 4.78 is 18.8. The standard InChI is InChI=1S/C18H13FN4O3/c19-14-5-3-13(4-6-14)17-22-23(18(25)26-17)11-16(24)21-15-7-1-12(2-8-15)9-10-20/h1-8H,9,11H2,(H,21,24). The van der Waals surface area contributed by atoms with E-state index in [1.54, 1.807) is 24.3 Å². The summed E-state index contributed by atoms with van der Waals surface area (Å²) in [7, 11) is 0. The van der Waals surface area contributed by atoms with Gasteiger partial charge >= 0.3 is 5.76 Å². The average molecular weight is 352 g/mol. The largest absolute Gasteiger partial charge is 0.437 e. The monoisotopic (exact) mass is 352 g/mol. The molecule has 26 heavy (non-hydrogen) atoms. The topological polar surface area (TPSA) is 101 Å². The fourth-order valence-corrected chi connectivity index (χ4v) is 2.25. The Hall–Kier alpha value is -3.73. The summed E-state index contributed by atoms with van der Waals surface area (Å²) in [5.74, 6) is -1.66. The van der Waals surface area contributed by atoms with E-state index >= 15 is 0 Å². The van der Waals surface area contributed by atoms with Gasteiger partial charge in [-0.2, -0.15) is 9.94 Å². The molecule has 3 aromatic rings. The third-order valence-corrected chi connectivity index (χ3v) is 3.51. The minimum Gasteiger partial charge on any atom is -0.388 e. The molecule has 8 heteroatoms. The van der Waals surface area contributed by atoms with Crippen molar-refractivity contribution in [1.29, 1.82) is 5.26 Å². The molecule has 1 amide bonds. The van der Waals surface area contributed by atoms with Crippen molar-refractivity contribution in [2.45, 2.75) is 13.0 Å². The molecule has 0 saturated carbocycles. The van der Waals surface area contributed by atoms with E-state index < -0.39 is 17.5 Å². The SMILES string of the molecule is N#CCc1ccc(NC(=O)Cn2nc(-c3ccc(F)cc3)oc2=O)cc1. The van der Waals surface area contributed by atoms with Gasteiger partial charge in [0.2, 0.25) is 11.8 Å². The van der Waals surface area contributed by atoms with Crippen LogP contribution in [-0.4, -0.2) is 15.7 Å². The summed E-state index contributed by atoms with van der Waals surface area (Å²) in [6.07, 6.45) is 0.286. The molecule has 0 saturated heterocycles. The van der Waals surface area contributed by atoms with Gasteiger partial charge in [0, 0.05) is 11.3 Å². The van der Waals surface area contributed by atoms with Crippen molar-refractivity contribution in [3.8, 4) is 17.5 Å². The summed E-state index contributed by atoms with van der Waals surface area (Å²) in [6.45, 7) is -0.330. The van der Waals surface area contributed by atoms with Gasteiger partial charge in [-0.15, -0.1) is 5.10 Å². The predicted octanol–water partition coefficient (Wildman–Crippen LogP) is 2.35. The Balaban J connectivity index is 1.68. The molecule has 0 atom stereocenters. The number of anilines is 1. The van der Waals surface area contributed by atoms with Crippen LogP contribution in [0.1, 0.15) is 5.56 Å². The van der Waals surface area contributed by atoms with Crippen LogP contribution in [0.3, 0.4) is 0 Å². The number of rotatable bonds is 5. The van der Waals surface area contributed by atoms with E-state index in [1.165, 1.54) is 24.3 Å². The quantitative estimate of drug-likeness (QED) is 0.759. The average Bonchev–Trinajstić information content (AvgIpc) is 2.98. The Morgan fingerprint density at radius 2 is 1.88 bits per heavy atom. The molecular weight excluding hydrogens is 339 g/mol. The molecule has 1 heterocycles. The number of carbonyl (C=O) groups is 1. The van der Waals surface area contributed by atoms with Gasteiger partial charge in [0.15, 0.2) is 0 Å². The van der Waals surface area contributed by atoms with E-state index in [0.29, 0.717) is 11.3 Å². The first-order chi connectivity index (χ1) is 12.5. The van der Waals surface area contributed by atoms with Gasteiger partial charge in [0.25, 0.3) is 0 Å². The van der Waals surface area contributed by atoms with E-state index in [-0.39, 0.29) is 18.9 Å². The summed E-state index contributed by atoms with van der Waals surface area (Å²) in [6, 6.07) is 14.1. The van der Waals surface area contributed by atoms with E-state index in [0.717, 1.165) is 10.2 Å². The first-order valence-electron chi connectivity index (χ1n) is 7.65. The Morgan fingerprint density at radius 1 is 1.19 bits per heavy atom. The van der Waals surface area contributed by atoms with Crippen molar-refractivity contribution in [2.24, 2.45) is 0 Å². The third kappa shape index (κ3) is 4.02. The maximum Gasteiger partial charge on any atom is 0.437 e. The van der Waals surface area contributed by atoms with E-state index in [4.69, 9.17) is 9.68 Å². The lowest BCUT2D eigenvalue weighted by molar-refractivity contribution is -0.117. The van der Waals surface area contributed by atoms with Crippen molar-refractivity contribution in [3.05, 3.63) is 70.5 Å². The lowest BCUT2D eigenvalue weighted by atomic mass is 10.1. The molecular formula is C18H13FN4O3. The van der Waals surface area contributed by atoms with Crippen molar-refractivity contribution in [2.75, 3.05) is 5.32 Å². The van der Waals surface area contributed by atoms with Gasteiger partial charge in [-0.1, -0.05) is 12.1 Å². The molecule has 0 radical (unpaired) electrons. The van der Waals surface area contributed by atoms with Crippen molar-refractivity contribution < 1.29 is 13.6 Å². The van der Waals surface area contributed by atoms with Crippen LogP contribution in [0.4, 0.5) is 10.1 Å². The molecule has 0 aliphatic heterocycles. The number of aromatic nitrogens is 2. The van der Waals surface area contributed by atoms with Crippen LogP contribution in [0.25, 0.3) is 11.5 Å². The van der Waals surface area contributed by atoms with E-state index in [9.17, 15) is 14.0 Å². The molecule has 0 unspecified atom stereocenters. The summed E-state index contributed by atoms with van der Waals surface area (Å²) in [4.78, 5) is 23.9. The lowest BCUT2D eigenvalue weighted by Gasteiger charge is -2.05. The van der Waals surface area contributed by atoms with Crippen LogP contribution in [0, 0.1) is 17.1 Å². The molecule has 0 aliphatic rings. The Morgan fingerprint density at radius 3 is 2.54 bits per heavy atom. The number of nitrogens with zero attached hydrogens (tertiary/aromatic N) is 3. The molecule has 0 spiro atoms. The predicted molar refractivity (Wildman–Crippen MR) is 90.5 cm³/mol. The van der Waals surface area contributed by atoms with Crippen molar-refractivity contribution in [1.82, 2.24) is 9.78 Å². The normalized spacial score (nSPS) is 10.3. The van der Waals surface area contributed by atoms with E-state index in [2.05, 4.69) is 10.4 Å². The summed E-state index contributed by atoms with van der Waals surface area (Å²) >= 11 is 0. The zero-order valence-corrected chi connectivity index (χ0v) is 13.5. The molecule has 2 aromatic carbocycles. The van der Waals surface area contributed by atoms with Gasteiger partial charge in [-0.25, -0.2) is 9.18 Å². The molecule has 0 bridgehead atoms. The number of nitrogens with one attached hydrogen (secondary N) is 1. The highest BCUT2D eigenvalue weighted by atomic mass is 19.1. The number of benzene rings is 2. The van der Waals surface area contributed by atoms with Gasteiger partial charge in [0.05, 0.1) is 12.5 Å². The van der Waals surface area contributed by atoms with Crippen LogP contribution in [0.2, 0.25) is 0 Å². The van der Waals surface area contributed by atoms with Gasteiger partial charge in [0.1, 0.15) is 12.4 Å². The summed E-state index contributed by atoms with van der Waals surface area (Å²) in [5.41, 5.74) is 1.80. The molecule has 3 rings (SSSR count). The molecule has 130 valence electrons. The second kappa shape index (κ2) is 7.44. The minimum atomic E-state index is -0.788. The highest BCUT2D eigenvalue weighted by Gasteiger charge is 2.13. The number of hydrogen-bond acceptors (Lipinski definition) is 5. The van der Waals surface area contributed by atoms with Gasteiger partial charge in [-0.3, -0.25) is 4.79 Å². The molecule has 1 aromatic heterocycles. The van der Waals surface area contributed by atoms with Crippen LogP contribution >= 0.6 is 0 Å². The zero-order valence-electron chi connectivity index (χ0n) is 13.5. The number of nitriles is 1. The molecule has 1 N–H and O–H groups in total. The number of halogens is 1. The smallest absolute Gasteiger partial charge is 0.388 e. The Bertz CT molecular complexity index is 1010. The van der Waals surface area contributed by atoms with Gasteiger partial charge in [-0.05, 0) is 42.0 Å². The highest BCUT2D eigenvalue weighted by Crippen LogP contribution is 2.15. The first-order valence-corrected chi connectivity index (χ1v) is 7.65. The summed E-state index contributed by atoms with van der Waals surface area (Å²) in [5, 5.41) is 15.2. The highest BCUT2D eigenvalue weighted by molar-refractivity contribution is 5.90. The van der Waals surface area contributed by atoms with Crippen LogP contribution in [0.15, 0.2) is 57.7 Å². The second-order valence-electron chi connectivity index (χ2n) is 5.42. The van der Waals surface area contributed by atoms with Crippen LogP contribution in [-0.2, 0) is 17.8 Å². The van der Waals surface area contributed by atoms with E-state index in [1.807, 2.05) is 6.07 Å². The van der Waals surface area contributed by atoms with Crippen molar-refractivity contribution in [3.63, 3.8) is 0 Å². The minimum absolute atomic E-state index is 0.00339. The fraction of sp³-hybridized carbons (Fsp3) is 0.111. The fourth-order valence-electron chi connectivity index (χ4n) is 2.25. The second-order valence-corrected chi connectivity index (χ2v) is 5.42. The zero-order chi connectivity index (χ0) is 18.5. The van der Waals surface area contributed by atoms with Crippen molar-refractivity contribution >= 4 is 11.6 Å². The number of carbonyl (C=O) groups excluding carboxylic acids is 1.